The molecule has 0 saturated heterocycles. The molecule has 1 aliphatic rings. The molecule has 18 heavy (non-hydrogen) atoms. The summed E-state index contributed by atoms with van der Waals surface area (Å²) < 4.78 is 0. The smallest absolute Gasteiger partial charge is 0.162 e. The zero-order valence-electron chi connectivity index (χ0n) is 10.1. The van der Waals surface area contributed by atoms with Crippen molar-refractivity contribution in [3.63, 3.8) is 0 Å². The van der Waals surface area contributed by atoms with E-state index < -0.39 is 0 Å². The van der Waals surface area contributed by atoms with E-state index in [-0.39, 0.29) is 0 Å². The van der Waals surface area contributed by atoms with E-state index in [1.165, 1.54) is 19.3 Å². The highest BCUT2D eigenvalue weighted by Gasteiger charge is 2.16. The van der Waals surface area contributed by atoms with Crippen LogP contribution in [0.3, 0.4) is 0 Å². The molecule has 0 radical (unpaired) electrons. The van der Waals surface area contributed by atoms with Crippen LogP contribution in [0.1, 0.15) is 30.5 Å². The van der Waals surface area contributed by atoms with Gasteiger partial charge in [0.15, 0.2) is 5.82 Å². The first kappa shape index (κ1) is 11.6. The molecule has 92 valence electrons. The number of hydrogen-bond donors (Lipinski definition) is 0. The lowest BCUT2D eigenvalue weighted by Crippen LogP contribution is -2.02. The molecule has 2 aromatic rings. The van der Waals surface area contributed by atoms with Crippen molar-refractivity contribution in [1.29, 1.82) is 0 Å². The number of aromatic nitrogens is 3. The molecule has 1 aliphatic carbocycles. The van der Waals surface area contributed by atoms with E-state index in [1.54, 1.807) is 12.4 Å². The van der Waals surface area contributed by atoms with Gasteiger partial charge in [0, 0.05) is 29.2 Å². The number of aryl methyl sites for hydroxylation is 1. The van der Waals surface area contributed by atoms with Crippen LogP contribution in [-0.2, 0) is 12.8 Å². The van der Waals surface area contributed by atoms with E-state index in [0.29, 0.717) is 11.0 Å². The quantitative estimate of drug-likeness (QED) is 0.582. The Morgan fingerprint density at radius 1 is 1.06 bits per heavy atom. The molecule has 2 aromatic heterocycles. The maximum atomic E-state index is 6.30. The van der Waals surface area contributed by atoms with E-state index in [2.05, 4.69) is 15.0 Å². The first-order chi connectivity index (χ1) is 8.84. The van der Waals surface area contributed by atoms with Crippen molar-refractivity contribution >= 4 is 11.6 Å². The van der Waals surface area contributed by atoms with Gasteiger partial charge in [-0.25, -0.2) is 9.97 Å². The summed E-state index contributed by atoms with van der Waals surface area (Å²) in [5.41, 5.74) is 3.18. The molecule has 0 atom stereocenters. The molecule has 0 N–H and O–H groups in total. The van der Waals surface area contributed by atoms with Gasteiger partial charge in [0.05, 0.1) is 0 Å². The summed E-state index contributed by atoms with van der Waals surface area (Å²) in [6, 6.07) is 3.85. The number of halogens is 1. The number of fused-ring (bicyclic) bond motifs is 1. The Bertz CT molecular complexity index is 554. The first-order valence-electron chi connectivity index (χ1n) is 6.30. The van der Waals surface area contributed by atoms with Crippen molar-refractivity contribution in [2.24, 2.45) is 0 Å². The van der Waals surface area contributed by atoms with Crippen molar-refractivity contribution in [3.05, 3.63) is 40.9 Å². The summed E-state index contributed by atoms with van der Waals surface area (Å²) in [4.78, 5) is 13.2. The van der Waals surface area contributed by atoms with Crippen molar-refractivity contribution < 1.29 is 0 Å². The van der Waals surface area contributed by atoms with Gasteiger partial charge in [0.2, 0.25) is 0 Å². The van der Waals surface area contributed by atoms with Crippen molar-refractivity contribution in [3.8, 4) is 11.4 Å². The minimum atomic E-state index is 0.612. The summed E-state index contributed by atoms with van der Waals surface area (Å²) in [5, 5.41) is 0.612. The Morgan fingerprint density at radius 3 is 2.78 bits per heavy atom. The number of nitrogens with zero attached hydrogens (tertiary/aromatic N) is 3. The van der Waals surface area contributed by atoms with Crippen LogP contribution in [0.5, 0.6) is 0 Å². The fraction of sp³-hybridized carbons (Fsp3) is 0.357. The third-order valence-electron chi connectivity index (χ3n) is 3.30. The van der Waals surface area contributed by atoms with Crippen LogP contribution in [0, 0.1) is 0 Å². The third-order valence-corrected chi connectivity index (χ3v) is 3.62. The lowest BCUT2D eigenvalue weighted by Gasteiger charge is -2.09. The molecule has 3 rings (SSSR count). The van der Waals surface area contributed by atoms with Crippen LogP contribution in [0.15, 0.2) is 24.5 Å². The molecule has 0 aliphatic heterocycles. The Morgan fingerprint density at radius 2 is 1.94 bits per heavy atom. The molecule has 0 aromatic carbocycles. The molecule has 0 bridgehead atoms. The molecule has 0 saturated carbocycles. The highest BCUT2D eigenvalue weighted by molar-refractivity contribution is 6.30. The maximum absolute atomic E-state index is 6.30. The van der Waals surface area contributed by atoms with Gasteiger partial charge in [-0.05, 0) is 37.8 Å². The average molecular weight is 260 g/mol. The second kappa shape index (κ2) is 5.02. The lowest BCUT2D eigenvalue weighted by molar-refractivity contribution is 0.709. The number of hydrogen-bond acceptors (Lipinski definition) is 3. The standard InChI is InChI=1S/C14H14ClN3/c15-13-11-6-2-1-3-7-12(11)17-14(18-13)10-5-4-8-16-9-10/h4-5,8-9H,1-3,6-7H2. The fourth-order valence-electron chi connectivity index (χ4n) is 2.35. The van der Waals surface area contributed by atoms with Gasteiger partial charge < -0.3 is 0 Å². The summed E-state index contributed by atoms with van der Waals surface area (Å²) >= 11 is 6.30. The van der Waals surface area contributed by atoms with Gasteiger partial charge in [-0.1, -0.05) is 18.0 Å². The van der Waals surface area contributed by atoms with Gasteiger partial charge in [-0.3, -0.25) is 4.98 Å². The lowest BCUT2D eigenvalue weighted by atomic mass is 10.1. The van der Waals surface area contributed by atoms with Crippen LogP contribution < -0.4 is 0 Å². The average Bonchev–Trinajstić information content (AvgIpc) is 2.65. The Labute approximate surface area is 111 Å². The largest absolute Gasteiger partial charge is 0.264 e. The number of pyridine rings is 1. The van der Waals surface area contributed by atoms with Gasteiger partial charge in [0.1, 0.15) is 5.15 Å². The topological polar surface area (TPSA) is 38.7 Å². The molecule has 3 nitrogen and oxygen atoms in total. The minimum Gasteiger partial charge on any atom is -0.264 e. The predicted molar refractivity (Wildman–Crippen MR) is 71.5 cm³/mol. The zero-order chi connectivity index (χ0) is 12.4. The monoisotopic (exact) mass is 259 g/mol. The number of rotatable bonds is 1. The summed E-state index contributed by atoms with van der Waals surface area (Å²) in [5.74, 6) is 0.689. The molecule has 4 heteroatoms. The van der Waals surface area contributed by atoms with Gasteiger partial charge in [-0.15, -0.1) is 0 Å². The highest BCUT2D eigenvalue weighted by Crippen LogP contribution is 2.27. The Balaban J connectivity index is 2.08. The van der Waals surface area contributed by atoms with Gasteiger partial charge >= 0.3 is 0 Å². The Kier molecular flexibility index (Phi) is 3.24. The molecule has 0 spiro atoms. The highest BCUT2D eigenvalue weighted by atomic mass is 35.5. The second-order valence-corrected chi connectivity index (χ2v) is 4.92. The van der Waals surface area contributed by atoms with Crippen molar-refractivity contribution in [2.75, 3.05) is 0 Å². The SMILES string of the molecule is Clc1nc(-c2cccnc2)nc2c1CCCCC2. The summed E-state index contributed by atoms with van der Waals surface area (Å²) in [7, 11) is 0. The second-order valence-electron chi connectivity index (χ2n) is 4.57. The summed E-state index contributed by atoms with van der Waals surface area (Å²) in [6.07, 6.45) is 9.14. The molecule has 0 unspecified atom stereocenters. The van der Waals surface area contributed by atoms with Crippen molar-refractivity contribution in [2.45, 2.75) is 32.1 Å². The molecule has 0 amide bonds. The van der Waals surface area contributed by atoms with E-state index in [9.17, 15) is 0 Å². The predicted octanol–water partition coefficient (Wildman–Crippen LogP) is 3.46. The van der Waals surface area contributed by atoms with Crippen LogP contribution in [0.25, 0.3) is 11.4 Å². The molecule has 0 fully saturated rings. The van der Waals surface area contributed by atoms with Crippen LogP contribution in [0.4, 0.5) is 0 Å². The van der Waals surface area contributed by atoms with Crippen LogP contribution in [-0.4, -0.2) is 15.0 Å². The minimum absolute atomic E-state index is 0.612. The normalized spacial score (nSPS) is 14.9. The summed E-state index contributed by atoms with van der Waals surface area (Å²) in [6.45, 7) is 0. The van der Waals surface area contributed by atoms with E-state index >= 15 is 0 Å². The van der Waals surface area contributed by atoms with Crippen LogP contribution >= 0.6 is 11.6 Å². The van der Waals surface area contributed by atoms with E-state index in [1.807, 2.05) is 12.1 Å². The van der Waals surface area contributed by atoms with Gasteiger partial charge in [-0.2, -0.15) is 0 Å². The zero-order valence-corrected chi connectivity index (χ0v) is 10.8. The van der Waals surface area contributed by atoms with E-state index in [0.717, 1.165) is 29.7 Å². The fourth-order valence-corrected chi connectivity index (χ4v) is 2.63. The maximum Gasteiger partial charge on any atom is 0.162 e. The third kappa shape index (κ3) is 2.23. The van der Waals surface area contributed by atoms with Crippen LogP contribution in [0.2, 0.25) is 5.15 Å². The molecule has 2 heterocycles. The first-order valence-corrected chi connectivity index (χ1v) is 6.68. The van der Waals surface area contributed by atoms with E-state index in [4.69, 9.17) is 11.6 Å². The molecular formula is C14H14ClN3. The molecular weight excluding hydrogens is 246 g/mol. The van der Waals surface area contributed by atoms with Crippen molar-refractivity contribution in [1.82, 2.24) is 15.0 Å². The Hall–Kier alpha value is -1.48. The van der Waals surface area contributed by atoms with Gasteiger partial charge in [0.25, 0.3) is 0 Å².